The standard InChI is InChI=1S/C25H25NO5/c1-17(15-30-2)26-24(27)21(14-18-10-12-20(13-11-18)25(28)29)16-31-23-9-5-7-19-6-3-4-8-22(19)23/h3-14,17H,15-16H2,1-2H3,(H,26,27)(H,28,29). The van der Waals surface area contributed by atoms with E-state index in [2.05, 4.69) is 5.32 Å². The highest BCUT2D eigenvalue weighted by atomic mass is 16.5. The van der Waals surface area contributed by atoms with Gasteiger partial charge in [0.25, 0.3) is 5.91 Å². The molecule has 0 fully saturated rings. The number of hydrogen-bond acceptors (Lipinski definition) is 4. The van der Waals surface area contributed by atoms with Crippen LogP contribution in [-0.2, 0) is 9.53 Å². The van der Waals surface area contributed by atoms with E-state index in [1.54, 1.807) is 25.3 Å². The Balaban J connectivity index is 1.85. The molecule has 0 bridgehead atoms. The third-order valence-corrected chi connectivity index (χ3v) is 4.72. The third-order valence-electron chi connectivity index (χ3n) is 4.72. The topological polar surface area (TPSA) is 84.9 Å². The molecular weight excluding hydrogens is 394 g/mol. The van der Waals surface area contributed by atoms with Crippen molar-refractivity contribution in [1.82, 2.24) is 5.32 Å². The summed E-state index contributed by atoms with van der Waals surface area (Å²) in [5.74, 6) is -0.587. The molecule has 6 heteroatoms. The number of nitrogens with one attached hydrogen (secondary N) is 1. The Bertz CT molecular complexity index is 1080. The van der Waals surface area contributed by atoms with E-state index in [1.165, 1.54) is 12.1 Å². The van der Waals surface area contributed by atoms with Crippen molar-refractivity contribution in [1.29, 1.82) is 0 Å². The second-order valence-corrected chi connectivity index (χ2v) is 7.19. The molecule has 1 atom stereocenters. The summed E-state index contributed by atoms with van der Waals surface area (Å²) in [6, 6.07) is 19.8. The zero-order chi connectivity index (χ0) is 22.2. The summed E-state index contributed by atoms with van der Waals surface area (Å²) < 4.78 is 11.1. The van der Waals surface area contributed by atoms with E-state index >= 15 is 0 Å². The van der Waals surface area contributed by atoms with Crippen LogP contribution in [0.25, 0.3) is 16.8 Å². The van der Waals surface area contributed by atoms with Crippen LogP contribution in [0.1, 0.15) is 22.8 Å². The first kappa shape index (κ1) is 22.1. The predicted molar refractivity (Wildman–Crippen MR) is 120 cm³/mol. The lowest BCUT2D eigenvalue weighted by atomic mass is 10.1. The van der Waals surface area contributed by atoms with Crippen molar-refractivity contribution in [2.75, 3.05) is 20.3 Å². The van der Waals surface area contributed by atoms with Gasteiger partial charge in [-0.3, -0.25) is 4.79 Å². The normalized spacial score (nSPS) is 12.4. The number of methoxy groups -OCH3 is 1. The van der Waals surface area contributed by atoms with Gasteiger partial charge in [-0.25, -0.2) is 4.79 Å². The summed E-state index contributed by atoms with van der Waals surface area (Å²) in [7, 11) is 1.58. The molecule has 1 unspecified atom stereocenters. The number of rotatable bonds is 9. The first-order valence-electron chi connectivity index (χ1n) is 9.92. The van der Waals surface area contributed by atoms with Gasteiger partial charge in [0.2, 0.25) is 0 Å². The first-order valence-corrected chi connectivity index (χ1v) is 9.92. The number of fused-ring (bicyclic) bond motifs is 1. The summed E-state index contributed by atoms with van der Waals surface area (Å²) in [4.78, 5) is 24.0. The van der Waals surface area contributed by atoms with E-state index in [4.69, 9.17) is 14.6 Å². The minimum atomic E-state index is -0.999. The van der Waals surface area contributed by atoms with Crippen molar-refractivity contribution in [3.05, 3.63) is 83.4 Å². The molecule has 31 heavy (non-hydrogen) atoms. The van der Waals surface area contributed by atoms with E-state index in [-0.39, 0.29) is 24.1 Å². The molecule has 3 aromatic carbocycles. The van der Waals surface area contributed by atoms with Crippen LogP contribution < -0.4 is 10.1 Å². The van der Waals surface area contributed by atoms with Crippen molar-refractivity contribution in [3.8, 4) is 5.75 Å². The Hall–Kier alpha value is -3.64. The fourth-order valence-electron chi connectivity index (χ4n) is 3.18. The quantitative estimate of drug-likeness (QED) is 0.509. The summed E-state index contributed by atoms with van der Waals surface area (Å²) >= 11 is 0. The van der Waals surface area contributed by atoms with E-state index in [0.717, 1.165) is 10.8 Å². The Morgan fingerprint density at radius 2 is 1.74 bits per heavy atom. The Morgan fingerprint density at radius 3 is 2.45 bits per heavy atom. The van der Waals surface area contributed by atoms with Gasteiger partial charge in [-0.1, -0.05) is 48.5 Å². The number of carboxylic acids is 1. The van der Waals surface area contributed by atoms with Gasteiger partial charge in [-0.15, -0.1) is 0 Å². The van der Waals surface area contributed by atoms with Crippen LogP contribution in [-0.4, -0.2) is 43.3 Å². The Labute approximate surface area is 181 Å². The van der Waals surface area contributed by atoms with E-state index < -0.39 is 5.97 Å². The maximum Gasteiger partial charge on any atom is 0.335 e. The molecule has 0 spiro atoms. The largest absolute Gasteiger partial charge is 0.488 e. The molecule has 0 aromatic heterocycles. The number of carbonyl (C=O) groups is 2. The van der Waals surface area contributed by atoms with Gasteiger partial charge >= 0.3 is 5.97 Å². The van der Waals surface area contributed by atoms with Crippen LogP contribution >= 0.6 is 0 Å². The van der Waals surface area contributed by atoms with Gasteiger partial charge in [0.1, 0.15) is 12.4 Å². The summed E-state index contributed by atoms with van der Waals surface area (Å²) in [5, 5.41) is 14.0. The lowest BCUT2D eigenvalue weighted by Gasteiger charge is -2.16. The smallest absolute Gasteiger partial charge is 0.335 e. The van der Waals surface area contributed by atoms with Crippen LogP contribution in [0.15, 0.2) is 72.3 Å². The molecule has 0 aliphatic heterocycles. The van der Waals surface area contributed by atoms with Crippen molar-refractivity contribution in [3.63, 3.8) is 0 Å². The third kappa shape index (κ3) is 5.93. The SMILES string of the molecule is COCC(C)NC(=O)C(=Cc1ccc(C(=O)O)cc1)COc1cccc2ccccc12. The van der Waals surface area contributed by atoms with Gasteiger partial charge in [-0.05, 0) is 42.1 Å². The highest BCUT2D eigenvalue weighted by Gasteiger charge is 2.15. The predicted octanol–water partition coefficient (Wildman–Crippen LogP) is 4.15. The molecule has 0 saturated carbocycles. The van der Waals surface area contributed by atoms with E-state index in [1.807, 2.05) is 49.4 Å². The average molecular weight is 419 g/mol. The minimum absolute atomic E-state index is 0.0558. The van der Waals surface area contributed by atoms with Gasteiger partial charge in [-0.2, -0.15) is 0 Å². The molecule has 0 aliphatic rings. The second kappa shape index (κ2) is 10.4. The summed E-state index contributed by atoms with van der Waals surface area (Å²) in [6.07, 6.45) is 1.70. The zero-order valence-corrected chi connectivity index (χ0v) is 17.5. The lowest BCUT2D eigenvalue weighted by Crippen LogP contribution is -2.37. The monoisotopic (exact) mass is 419 g/mol. The second-order valence-electron chi connectivity index (χ2n) is 7.19. The molecule has 2 N–H and O–H groups in total. The molecule has 3 rings (SSSR count). The number of amides is 1. The number of benzene rings is 3. The lowest BCUT2D eigenvalue weighted by molar-refractivity contribution is -0.118. The zero-order valence-electron chi connectivity index (χ0n) is 17.5. The fraction of sp³-hybridized carbons (Fsp3) is 0.200. The molecule has 0 saturated heterocycles. The summed E-state index contributed by atoms with van der Waals surface area (Å²) in [6.45, 7) is 2.29. The average Bonchev–Trinajstić information content (AvgIpc) is 2.77. The van der Waals surface area contributed by atoms with Gasteiger partial charge < -0.3 is 19.9 Å². The molecule has 0 aliphatic carbocycles. The number of carbonyl (C=O) groups excluding carboxylic acids is 1. The highest BCUT2D eigenvalue weighted by Crippen LogP contribution is 2.25. The van der Waals surface area contributed by atoms with Crippen LogP contribution in [0.4, 0.5) is 0 Å². The molecule has 1 amide bonds. The van der Waals surface area contributed by atoms with E-state index in [9.17, 15) is 9.59 Å². The van der Waals surface area contributed by atoms with Gasteiger partial charge in [0.15, 0.2) is 0 Å². The van der Waals surface area contributed by atoms with Crippen molar-refractivity contribution in [2.45, 2.75) is 13.0 Å². The van der Waals surface area contributed by atoms with Crippen LogP contribution in [0.2, 0.25) is 0 Å². The van der Waals surface area contributed by atoms with Crippen molar-refractivity contribution < 1.29 is 24.2 Å². The van der Waals surface area contributed by atoms with Crippen molar-refractivity contribution in [2.24, 2.45) is 0 Å². The first-order chi connectivity index (χ1) is 15.0. The Kier molecular flexibility index (Phi) is 7.40. The maximum atomic E-state index is 12.9. The minimum Gasteiger partial charge on any atom is -0.488 e. The van der Waals surface area contributed by atoms with Gasteiger partial charge in [0, 0.05) is 18.5 Å². The maximum absolute atomic E-state index is 12.9. The molecule has 0 heterocycles. The summed E-state index contributed by atoms with van der Waals surface area (Å²) in [5.41, 5.74) is 1.30. The van der Waals surface area contributed by atoms with Crippen molar-refractivity contribution >= 4 is 28.7 Å². The van der Waals surface area contributed by atoms with Crippen LogP contribution in [0, 0.1) is 0 Å². The van der Waals surface area contributed by atoms with Crippen LogP contribution in [0.3, 0.4) is 0 Å². The number of ether oxygens (including phenoxy) is 2. The van der Waals surface area contributed by atoms with E-state index in [0.29, 0.717) is 23.5 Å². The number of carboxylic acid groups (broad SMARTS) is 1. The number of aromatic carboxylic acids is 1. The molecule has 0 radical (unpaired) electrons. The van der Waals surface area contributed by atoms with Gasteiger partial charge in [0.05, 0.1) is 17.7 Å². The highest BCUT2D eigenvalue weighted by molar-refractivity contribution is 5.98. The Morgan fingerprint density at radius 1 is 1.03 bits per heavy atom. The fourth-order valence-corrected chi connectivity index (χ4v) is 3.18. The number of hydrogen-bond donors (Lipinski definition) is 2. The van der Waals surface area contributed by atoms with Crippen LogP contribution in [0.5, 0.6) is 5.75 Å². The molecule has 6 nitrogen and oxygen atoms in total. The molecule has 160 valence electrons. The molecular formula is C25H25NO5. The molecule has 3 aromatic rings.